The van der Waals surface area contributed by atoms with Crippen molar-refractivity contribution in [1.29, 1.82) is 0 Å². The maximum Gasteiger partial charge on any atom is 0.0140 e. The highest BCUT2D eigenvalue weighted by Gasteiger charge is 2.02. The molecule has 0 saturated carbocycles. The molecule has 1 nitrogen and oxygen atoms in total. The normalized spacial score (nSPS) is 20.6. The van der Waals surface area contributed by atoms with Gasteiger partial charge in [0.25, 0.3) is 0 Å². The summed E-state index contributed by atoms with van der Waals surface area (Å²) in [5.41, 5.74) is 2.95. The Kier molecular flexibility index (Phi) is 2.69. The van der Waals surface area contributed by atoms with Crippen LogP contribution in [0.15, 0.2) is 23.3 Å². The average molecular weight is 137 g/mol. The zero-order valence-corrected chi connectivity index (χ0v) is 6.78. The minimum absolute atomic E-state index is 1.04. The first kappa shape index (κ1) is 7.55. The Labute approximate surface area is 62.8 Å². The molecule has 10 heavy (non-hydrogen) atoms. The summed E-state index contributed by atoms with van der Waals surface area (Å²) in [6.07, 6.45) is 5.64. The molecule has 56 valence electrons. The molecule has 1 heteroatoms. The van der Waals surface area contributed by atoms with Crippen LogP contribution in [-0.2, 0) is 0 Å². The van der Waals surface area contributed by atoms with Crippen LogP contribution < -0.4 is 5.32 Å². The Morgan fingerprint density at radius 1 is 1.70 bits per heavy atom. The zero-order chi connectivity index (χ0) is 7.40. The second kappa shape index (κ2) is 3.57. The van der Waals surface area contributed by atoms with Crippen LogP contribution in [0.25, 0.3) is 0 Å². The van der Waals surface area contributed by atoms with Crippen molar-refractivity contribution in [3.05, 3.63) is 23.3 Å². The van der Waals surface area contributed by atoms with Crippen LogP contribution in [0.2, 0.25) is 0 Å². The van der Waals surface area contributed by atoms with Crippen LogP contribution in [0.5, 0.6) is 0 Å². The molecule has 1 N–H and O–H groups in total. The number of rotatable bonds is 1. The van der Waals surface area contributed by atoms with Crippen LogP contribution in [0.4, 0.5) is 0 Å². The summed E-state index contributed by atoms with van der Waals surface area (Å²) in [5.74, 6) is 0. The van der Waals surface area contributed by atoms with Crippen LogP contribution in [0, 0.1) is 0 Å². The van der Waals surface area contributed by atoms with Gasteiger partial charge >= 0.3 is 0 Å². The van der Waals surface area contributed by atoms with Gasteiger partial charge in [0.15, 0.2) is 0 Å². The lowest BCUT2D eigenvalue weighted by Crippen LogP contribution is -2.20. The van der Waals surface area contributed by atoms with E-state index in [2.05, 4.69) is 31.3 Å². The SMILES string of the molecule is C/C=C(/C)C1=CCNCC1. The van der Waals surface area contributed by atoms with E-state index in [1.807, 2.05) is 0 Å². The predicted molar refractivity (Wildman–Crippen MR) is 45.0 cm³/mol. The Hall–Kier alpha value is -0.560. The van der Waals surface area contributed by atoms with E-state index in [0.29, 0.717) is 0 Å². The highest BCUT2D eigenvalue weighted by atomic mass is 14.8. The van der Waals surface area contributed by atoms with Crippen LogP contribution >= 0.6 is 0 Å². The molecule has 1 aliphatic heterocycles. The molecular formula is C9H15N. The van der Waals surface area contributed by atoms with Crippen molar-refractivity contribution >= 4 is 0 Å². The fourth-order valence-electron chi connectivity index (χ4n) is 1.17. The number of allylic oxidation sites excluding steroid dienone is 2. The van der Waals surface area contributed by atoms with Crippen molar-refractivity contribution in [3.63, 3.8) is 0 Å². The molecule has 0 saturated heterocycles. The van der Waals surface area contributed by atoms with Gasteiger partial charge in [-0.3, -0.25) is 0 Å². The van der Waals surface area contributed by atoms with Gasteiger partial charge in [-0.2, -0.15) is 0 Å². The van der Waals surface area contributed by atoms with E-state index in [1.165, 1.54) is 17.6 Å². The van der Waals surface area contributed by atoms with Crippen molar-refractivity contribution < 1.29 is 0 Å². The lowest BCUT2D eigenvalue weighted by atomic mass is 10.0. The summed E-state index contributed by atoms with van der Waals surface area (Å²) in [4.78, 5) is 0. The van der Waals surface area contributed by atoms with E-state index < -0.39 is 0 Å². The van der Waals surface area contributed by atoms with Crippen molar-refractivity contribution in [1.82, 2.24) is 5.32 Å². The smallest absolute Gasteiger partial charge is 0.0140 e. The van der Waals surface area contributed by atoms with E-state index >= 15 is 0 Å². The maximum absolute atomic E-state index is 3.29. The monoisotopic (exact) mass is 137 g/mol. The molecule has 0 atom stereocenters. The minimum atomic E-state index is 1.04. The van der Waals surface area contributed by atoms with E-state index in [9.17, 15) is 0 Å². The molecule has 0 amide bonds. The molecule has 0 aromatic rings. The molecule has 1 heterocycles. The zero-order valence-electron chi connectivity index (χ0n) is 6.78. The molecule has 0 aliphatic carbocycles. The molecule has 0 bridgehead atoms. The van der Waals surface area contributed by atoms with Gasteiger partial charge in [-0.1, -0.05) is 17.7 Å². The quantitative estimate of drug-likeness (QED) is 0.581. The van der Waals surface area contributed by atoms with E-state index in [-0.39, 0.29) is 0 Å². The molecule has 1 aliphatic rings. The number of hydrogen-bond donors (Lipinski definition) is 1. The summed E-state index contributed by atoms with van der Waals surface area (Å²) in [7, 11) is 0. The Balaban J connectivity index is 2.62. The second-order valence-electron chi connectivity index (χ2n) is 2.66. The average Bonchev–Trinajstić information content (AvgIpc) is 2.05. The molecular weight excluding hydrogens is 122 g/mol. The van der Waals surface area contributed by atoms with Crippen molar-refractivity contribution in [2.24, 2.45) is 0 Å². The van der Waals surface area contributed by atoms with Crippen LogP contribution in [-0.4, -0.2) is 13.1 Å². The van der Waals surface area contributed by atoms with Crippen molar-refractivity contribution in [2.45, 2.75) is 20.3 Å². The summed E-state index contributed by atoms with van der Waals surface area (Å²) >= 11 is 0. The van der Waals surface area contributed by atoms with Gasteiger partial charge in [0, 0.05) is 6.54 Å². The Bertz CT molecular complexity index is 166. The van der Waals surface area contributed by atoms with Crippen molar-refractivity contribution in [3.8, 4) is 0 Å². The highest BCUT2D eigenvalue weighted by molar-refractivity contribution is 5.30. The lowest BCUT2D eigenvalue weighted by Gasteiger charge is -2.13. The fraction of sp³-hybridized carbons (Fsp3) is 0.556. The molecule has 0 aromatic heterocycles. The predicted octanol–water partition coefficient (Wildman–Crippen LogP) is 1.87. The standard InChI is InChI=1S/C9H15N/c1-3-8(2)9-4-6-10-7-5-9/h3-4,10H,5-7H2,1-2H3/b8-3-. The third-order valence-corrected chi connectivity index (χ3v) is 2.00. The summed E-state index contributed by atoms with van der Waals surface area (Å²) in [6, 6.07) is 0. The van der Waals surface area contributed by atoms with Gasteiger partial charge in [0.1, 0.15) is 0 Å². The van der Waals surface area contributed by atoms with E-state index in [4.69, 9.17) is 0 Å². The van der Waals surface area contributed by atoms with E-state index in [0.717, 1.165) is 13.1 Å². The van der Waals surface area contributed by atoms with Gasteiger partial charge in [-0.05, 0) is 32.4 Å². The summed E-state index contributed by atoms with van der Waals surface area (Å²) < 4.78 is 0. The molecule has 1 rings (SSSR count). The highest BCUT2D eigenvalue weighted by Crippen LogP contribution is 2.14. The molecule has 0 aromatic carbocycles. The summed E-state index contributed by atoms with van der Waals surface area (Å²) in [5, 5.41) is 3.29. The Morgan fingerprint density at radius 3 is 3.00 bits per heavy atom. The second-order valence-corrected chi connectivity index (χ2v) is 2.66. The third-order valence-electron chi connectivity index (χ3n) is 2.00. The van der Waals surface area contributed by atoms with Gasteiger partial charge < -0.3 is 5.32 Å². The van der Waals surface area contributed by atoms with Crippen LogP contribution in [0.3, 0.4) is 0 Å². The largest absolute Gasteiger partial charge is 0.313 e. The van der Waals surface area contributed by atoms with Crippen molar-refractivity contribution in [2.75, 3.05) is 13.1 Å². The van der Waals surface area contributed by atoms with Gasteiger partial charge in [-0.15, -0.1) is 0 Å². The van der Waals surface area contributed by atoms with Crippen LogP contribution in [0.1, 0.15) is 20.3 Å². The third kappa shape index (κ3) is 1.71. The lowest BCUT2D eigenvalue weighted by molar-refractivity contribution is 0.707. The first-order chi connectivity index (χ1) is 4.84. The minimum Gasteiger partial charge on any atom is -0.313 e. The van der Waals surface area contributed by atoms with E-state index in [1.54, 1.807) is 0 Å². The molecule has 0 spiro atoms. The maximum atomic E-state index is 3.29. The first-order valence-electron chi connectivity index (χ1n) is 3.87. The number of hydrogen-bond acceptors (Lipinski definition) is 1. The number of nitrogens with one attached hydrogen (secondary N) is 1. The fourth-order valence-corrected chi connectivity index (χ4v) is 1.17. The topological polar surface area (TPSA) is 12.0 Å². The summed E-state index contributed by atoms with van der Waals surface area (Å²) in [6.45, 7) is 6.45. The van der Waals surface area contributed by atoms with Gasteiger partial charge in [0.2, 0.25) is 0 Å². The van der Waals surface area contributed by atoms with Gasteiger partial charge in [0.05, 0.1) is 0 Å². The molecule has 0 fully saturated rings. The van der Waals surface area contributed by atoms with Gasteiger partial charge in [-0.25, -0.2) is 0 Å². The first-order valence-corrected chi connectivity index (χ1v) is 3.87. The molecule has 0 radical (unpaired) electrons. The Morgan fingerprint density at radius 2 is 2.50 bits per heavy atom. The molecule has 0 unspecified atom stereocenters.